The highest BCUT2D eigenvalue weighted by Gasteiger charge is 2.18. The van der Waals surface area contributed by atoms with Gasteiger partial charge in [-0.25, -0.2) is 4.98 Å². The van der Waals surface area contributed by atoms with Crippen LogP contribution in [0.15, 0.2) is 17.2 Å². The first-order valence-electron chi connectivity index (χ1n) is 6.32. The van der Waals surface area contributed by atoms with Crippen LogP contribution in [-0.2, 0) is 5.54 Å². The second-order valence-corrected chi connectivity index (χ2v) is 5.77. The minimum absolute atomic E-state index is 0.0962. The van der Waals surface area contributed by atoms with Crippen LogP contribution in [0.5, 0.6) is 0 Å². The summed E-state index contributed by atoms with van der Waals surface area (Å²) in [6.45, 7) is 10.6. The van der Waals surface area contributed by atoms with Crippen LogP contribution in [0.2, 0.25) is 0 Å². The fourth-order valence-electron chi connectivity index (χ4n) is 1.60. The molecule has 0 saturated carbocycles. The van der Waals surface area contributed by atoms with Crippen molar-refractivity contribution in [2.75, 3.05) is 11.9 Å². The van der Waals surface area contributed by atoms with Crippen LogP contribution in [-0.4, -0.2) is 22.1 Å². The molecule has 0 aliphatic heterocycles. The van der Waals surface area contributed by atoms with Gasteiger partial charge in [-0.05, 0) is 40.2 Å². The lowest BCUT2D eigenvalue weighted by Crippen LogP contribution is -2.38. The molecular formula is C13H24N4O. The highest BCUT2D eigenvalue weighted by Crippen LogP contribution is 2.12. The predicted molar refractivity (Wildman–Crippen MR) is 74.8 cm³/mol. The third-order valence-electron chi connectivity index (χ3n) is 3.15. The fourth-order valence-corrected chi connectivity index (χ4v) is 1.60. The number of hydrogen-bond donors (Lipinski definition) is 2. The van der Waals surface area contributed by atoms with Gasteiger partial charge in [0.15, 0.2) is 5.82 Å². The first-order chi connectivity index (χ1) is 8.27. The largest absolute Gasteiger partial charge is 0.363 e. The van der Waals surface area contributed by atoms with E-state index in [2.05, 4.69) is 10.3 Å². The van der Waals surface area contributed by atoms with Crippen molar-refractivity contribution in [3.05, 3.63) is 22.7 Å². The highest BCUT2D eigenvalue weighted by molar-refractivity contribution is 5.32. The SMILES string of the molecule is CC(CN)C(C)Nc1nccn(C(C)(C)C)c1=O. The maximum Gasteiger partial charge on any atom is 0.293 e. The van der Waals surface area contributed by atoms with E-state index in [9.17, 15) is 4.79 Å². The van der Waals surface area contributed by atoms with Gasteiger partial charge in [-0.1, -0.05) is 6.92 Å². The third kappa shape index (κ3) is 3.32. The van der Waals surface area contributed by atoms with Crippen LogP contribution in [0.1, 0.15) is 34.6 Å². The lowest BCUT2D eigenvalue weighted by Gasteiger charge is -2.24. The van der Waals surface area contributed by atoms with Gasteiger partial charge in [0, 0.05) is 24.0 Å². The van der Waals surface area contributed by atoms with Crippen LogP contribution < -0.4 is 16.6 Å². The van der Waals surface area contributed by atoms with Crippen LogP contribution in [0.4, 0.5) is 5.82 Å². The summed E-state index contributed by atoms with van der Waals surface area (Å²) in [6.07, 6.45) is 3.36. The lowest BCUT2D eigenvalue weighted by atomic mass is 10.0. The molecule has 0 radical (unpaired) electrons. The molecule has 1 rings (SSSR count). The number of nitrogens with zero attached hydrogens (tertiary/aromatic N) is 2. The van der Waals surface area contributed by atoms with Gasteiger partial charge in [0.2, 0.25) is 0 Å². The van der Waals surface area contributed by atoms with Crippen molar-refractivity contribution < 1.29 is 0 Å². The molecule has 0 aromatic carbocycles. The molecule has 2 unspecified atom stereocenters. The number of nitrogens with two attached hydrogens (primary N) is 1. The van der Waals surface area contributed by atoms with Gasteiger partial charge < -0.3 is 15.6 Å². The van der Waals surface area contributed by atoms with E-state index in [4.69, 9.17) is 5.73 Å². The summed E-state index contributed by atoms with van der Waals surface area (Å²) >= 11 is 0. The Morgan fingerprint density at radius 2 is 2.06 bits per heavy atom. The molecule has 1 aromatic rings. The van der Waals surface area contributed by atoms with Crippen LogP contribution in [0.3, 0.4) is 0 Å². The minimum atomic E-state index is -0.251. The van der Waals surface area contributed by atoms with Crippen LogP contribution in [0, 0.1) is 5.92 Å². The number of rotatable bonds is 4. The van der Waals surface area contributed by atoms with Crippen molar-refractivity contribution >= 4 is 5.82 Å². The Morgan fingerprint density at radius 1 is 1.44 bits per heavy atom. The van der Waals surface area contributed by atoms with E-state index in [1.807, 2.05) is 34.6 Å². The summed E-state index contributed by atoms with van der Waals surface area (Å²) in [4.78, 5) is 16.4. The molecule has 102 valence electrons. The molecule has 0 amide bonds. The molecule has 3 N–H and O–H groups in total. The Labute approximate surface area is 108 Å². The maximum absolute atomic E-state index is 12.3. The zero-order chi connectivity index (χ0) is 13.9. The summed E-state index contributed by atoms with van der Waals surface area (Å²) in [5.41, 5.74) is 5.27. The minimum Gasteiger partial charge on any atom is -0.363 e. The zero-order valence-electron chi connectivity index (χ0n) is 11.9. The molecule has 0 bridgehead atoms. The van der Waals surface area contributed by atoms with Crippen LogP contribution >= 0.6 is 0 Å². The molecule has 0 fully saturated rings. The zero-order valence-corrected chi connectivity index (χ0v) is 11.9. The Bertz CT molecular complexity index is 447. The number of aromatic nitrogens is 2. The number of nitrogens with one attached hydrogen (secondary N) is 1. The Hall–Kier alpha value is -1.36. The molecule has 2 atom stereocenters. The van der Waals surface area contributed by atoms with E-state index >= 15 is 0 Å². The molecule has 5 nitrogen and oxygen atoms in total. The van der Waals surface area contributed by atoms with E-state index in [1.165, 1.54) is 0 Å². The molecule has 1 heterocycles. The van der Waals surface area contributed by atoms with Gasteiger partial charge in [0.1, 0.15) is 0 Å². The summed E-state index contributed by atoms with van der Waals surface area (Å²) in [7, 11) is 0. The van der Waals surface area contributed by atoms with E-state index in [-0.39, 0.29) is 23.1 Å². The van der Waals surface area contributed by atoms with Gasteiger partial charge in [0.25, 0.3) is 5.56 Å². The van der Waals surface area contributed by atoms with Crippen molar-refractivity contribution in [2.45, 2.75) is 46.2 Å². The monoisotopic (exact) mass is 252 g/mol. The molecule has 0 spiro atoms. The molecule has 18 heavy (non-hydrogen) atoms. The van der Waals surface area contributed by atoms with Gasteiger partial charge in [-0.15, -0.1) is 0 Å². The molecular weight excluding hydrogens is 228 g/mol. The van der Waals surface area contributed by atoms with E-state index in [0.717, 1.165) is 0 Å². The standard InChI is InChI=1S/C13H24N4O/c1-9(8-14)10(2)16-11-12(18)17(7-6-15-11)13(3,4)5/h6-7,9-10H,8,14H2,1-5H3,(H,15,16). The maximum atomic E-state index is 12.3. The van der Waals surface area contributed by atoms with Crippen molar-refractivity contribution in [3.63, 3.8) is 0 Å². The lowest BCUT2D eigenvalue weighted by molar-refractivity contribution is 0.382. The first kappa shape index (κ1) is 14.7. The van der Waals surface area contributed by atoms with Crippen LogP contribution in [0.25, 0.3) is 0 Å². The van der Waals surface area contributed by atoms with E-state index < -0.39 is 0 Å². The summed E-state index contributed by atoms with van der Waals surface area (Å²) in [5.74, 6) is 0.676. The predicted octanol–water partition coefficient (Wildman–Crippen LogP) is 1.39. The Balaban J connectivity index is 3.02. The average Bonchev–Trinajstić information content (AvgIpc) is 2.29. The Morgan fingerprint density at radius 3 is 2.56 bits per heavy atom. The second kappa shape index (κ2) is 5.52. The molecule has 0 saturated heterocycles. The summed E-state index contributed by atoms with van der Waals surface area (Å²) in [5, 5.41) is 3.15. The normalized spacial score (nSPS) is 15.2. The van der Waals surface area contributed by atoms with Crippen molar-refractivity contribution in [1.82, 2.24) is 9.55 Å². The Kier molecular flexibility index (Phi) is 4.51. The number of hydrogen-bond acceptors (Lipinski definition) is 4. The van der Waals surface area contributed by atoms with E-state index in [0.29, 0.717) is 12.4 Å². The van der Waals surface area contributed by atoms with Crippen molar-refractivity contribution in [3.8, 4) is 0 Å². The third-order valence-corrected chi connectivity index (χ3v) is 3.15. The fraction of sp³-hybridized carbons (Fsp3) is 0.692. The molecule has 1 aromatic heterocycles. The summed E-state index contributed by atoms with van der Waals surface area (Å²) < 4.78 is 1.68. The first-order valence-corrected chi connectivity index (χ1v) is 6.32. The smallest absolute Gasteiger partial charge is 0.293 e. The van der Waals surface area contributed by atoms with Gasteiger partial charge in [0.05, 0.1) is 0 Å². The van der Waals surface area contributed by atoms with E-state index in [1.54, 1.807) is 17.0 Å². The number of anilines is 1. The van der Waals surface area contributed by atoms with Crippen molar-refractivity contribution in [1.29, 1.82) is 0 Å². The topological polar surface area (TPSA) is 72.9 Å². The summed E-state index contributed by atoms with van der Waals surface area (Å²) in [6, 6.07) is 0.117. The van der Waals surface area contributed by atoms with Gasteiger partial charge in [-0.3, -0.25) is 4.79 Å². The van der Waals surface area contributed by atoms with Gasteiger partial charge >= 0.3 is 0 Å². The highest BCUT2D eigenvalue weighted by atomic mass is 16.1. The van der Waals surface area contributed by atoms with Gasteiger partial charge in [-0.2, -0.15) is 0 Å². The second-order valence-electron chi connectivity index (χ2n) is 5.77. The molecule has 0 aliphatic carbocycles. The van der Waals surface area contributed by atoms with Crippen molar-refractivity contribution in [2.24, 2.45) is 11.7 Å². The molecule has 5 heteroatoms. The molecule has 0 aliphatic rings. The quantitative estimate of drug-likeness (QED) is 0.849. The average molecular weight is 252 g/mol.